The van der Waals surface area contributed by atoms with Gasteiger partial charge in [0.25, 0.3) is 0 Å². The van der Waals surface area contributed by atoms with Crippen LogP contribution in [-0.2, 0) is 0 Å². The van der Waals surface area contributed by atoms with E-state index >= 15 is 0 Å². The van der Waals surface area contributed by atoms with Crippen LogP contribution in [0.15, 0.2) is 30.3 Å². The number of aromatic nitrogens is 1. The molecule has 1 aromatic heterocycles. The third kappa shape index (κ3) is 2.64. The largest absolute Gasteiger partial charge is 0.493 e. The highest BCUT2D eigenvalue weighted by molar-refractivity contribution is 5.95. The lowest BCUT2D eigenvalue weighted by Gasteiger charge is -2.10. The Balaban J connectivity index is 2.46. The number of aryl methyl sites for hydroxylation is 1. The number of Topliss-reactive ketones (excluding diaryl/α,β-unsaturated/α-hetero) is 1. The highest BCUT2D eigenvalue weighted by Gasteiger charge is 2.10. The van der Waals surface area contributed by atoms with Crippen LogP contribution < -0.4 is 9.47 Å². The number of ether oxygens (including phenoxy) is 2. The number of methoxy groups -OCH3 is 2. The van der Waals surface area contributed by atoms with E-state index in [0.29, 0.717) is 17.1 Å². The van der Waals surface area contributed by atoms with Crippen molar-refractivity contribution in [3.05, 3.63) is 41.6 Å². The Morgan fingerprint density at radius 2 is 1.75 bits per heavy atom. The molecule has 0 aliphatic heterocycles. The van der Waals surface area contributed by atoms with Crippen molar-refractivity contribution < 1.29 is 14.3 Å². The van der Waals surface area contributed by atoms with Crippen LogP contribution >= 0.6 is 0 Å². The Hall–Kier alpha value is -2.36. The first-order valence-corrected chi connectivity index (χ1v) is 6.27. The monoisotopic (exact) mass is 271 g/mol. The summed E-state index contributed by atoms with van der Waals surface area (Å²) in [5, 5.41) is 0. The lowest BCUT2D eigenvalue weighted by atomic mass is 10.1. The molecule has 0 fully saturated rings. The second-order valence-electron chi connectivity index (χ2n) is 4.46. The molecule has 0 spiro atoms. The summed E-state index contributed by atoms with van der Waals surface area (Å²) in [5.74, 6) is 1.35. The first kappa shape index (κ1) is 14.1. The van der Waals surface area contributed by atoms with E-state index in [1.165, 1.54) is 0 Å². The van der Waals surface area contributed by atoms with Crippen LogP contribution in [0.2, 0.25) is 0 Å². The Morgan fingerprint density at radius 1 is 1.05 bits per heavy atom. The fraction of sp³-hybridized carbons (Fsp3) is 0.250. The highest BCUT2D eigenvalue weighted by Crippen LogP contribution is 2.31. The van der Waals surface area contributed by atoms with Gasteiger partial charge < -0.3 is 9.47 Å². The van der Waals surface area contributed by atoms with Gasteiger partial charge in [-0.2, -0.15) is 0 Å². The zero-order valence-corrected chi connectivity index (χ0v) is 12.1. The average Bonchev–Trinajstić information content (AvgIpc) is 2.45. The number of rotatable bonds is 4. The van der Waals surface area contributed by atoms with Crippen molar-refractivity contribution in [2.75, 3.05) is 14.2 Å². The Labute approximate surface area is 118 Å². The Morgan fingerprint density at radius 3 is 2.30 bits per heavy atom. The molecule has 0 aliphatic carbocycles. The lowest BCUT2D eigenvalue weighted by molar-refractivity contribution is 0.101. The maximum Gasteiger partial charge on any atom is 0.161 e. The molecule has 2 rings (SSSR count). The van der Waals surface area contributed by atoms with Gasteiger partial charge in [-0.05, 0) is 44.2 Å². The van der Waals surface area contributed by atoms with Gasteiger partial charge in [0.2, 0.25) is 0 Å². The number of benzene rings is 1. The molecule has 4 nitrogen and oxygen atoms in total. The number of nitrogens with zero attached hydrogens (tertiary/aromatic N) is 1. The predicted molar refractivity (Wildman–Crippen MR) is 77.5 cm³/mol. The van der Waals surface area contributed by atoms with Crippen molar-refractivity contribution in [3.63, 3.8) is 0 Å². The zero-order chi connectivity index (χ0) is 14.7. The molecule has 0 amide bonds. The van der Waals surface area contributed by atoms with Crippen molar-refractivity contribution in [1.82, 2.24) is 4.98 Å². The lowest BCUT2D eigenvalue weighted by Crippen LogP contribution is -1.99. The molecular weight excluding hydrogens is 254 g/mol. The average molecular weight is 271 g/mol. The minimum Gasteiger partial charge on any atom is -0.493 e. The molecule has 0 radical (unpaired) electrons. The summed E-state index contributed by atoms with van der Waals surface area (Å²) in [5.41, 5.74) is 3.09. The van der Waals surface area contributed by atoms with Crippen molar-refractivity contribution in [3.8, 4) is 22.8 Å². The van der Waals surface area contributed by atoms with Crippen LogP contribution in [0.4, 0.5) is 0 Å². The van der Waals surface area contributed by atoms with Crippen LogP contribution in [-0.4, -0.2) is 25.0 Å². The third-order valence-electron chi connectivity index (χ3n) is 3.14. The van der Waals surface area contributed by atoms with E-state index in [9.17, 15) is 4.79 Å². The maximum absolute atomic E-state index is 11.4. The van der Waals surface area contributed by atoms with E-state index in [2.05, 4.69) is 4.98 Å². The van der Waals surface area contributed by atoms with E-state index < -0.39 is 0 Å². The summed E-state index contributed by atoms with van der Waals surface area (Å²) in [6, 6.07) is 9.26. The molecule has 0 N–H and O–H groups in total. The highest BCUT2D eigenvalue weighted by atomic mass is 16.5. The third-order valence-corrected chi connectivity index (χ3v) is 3.14. The summed E-state index contributed by atoms with van der Waals surface area (Å²) in [7, 11) is 3.20. The van der Waals surface area contributed by atoms with Crippen molar-refractivity contribution in [2.45, 2.75) is 13.8 Å². The van der Waals surface area contributed by atoms with Crippen LogP contribution in [0.3, 0.4) is 0 Å². The number of carbonyl (C=O) groups is 1. The predicted octanol–water partition coefficient (Wildman–Crippen LogP) is 3.28. The molecule has 0 unspecified atom stereocenters. The zero-order valence-electron chi connectivity index (χ0n) is 12.1. The molecule has 0 saturated heterocycles. The molecule has 2 aromatic rings. The summed E-state index contributed by atoms with van der Waals surface area (Å²) >= 11 is 0. The van der Waals surface area contributed by atoms with Crippen LogP contribution in [0, 0.1) is 6.92 Å². The number of ketones is 1. The Kier molecular flexibility index (Phi) is 4.03. The van der Waals surface area contributed by atoms with Crippen molar-refractivity contribution >= 4 is 5.78 Å². The second kappa shape index (κ2) is 5.74. The summed E-state index contributed by atoms with van der Waals surface area (Å²) in [4.78, 5) is 15.9. The van der Waals surface area contributed by atoms with Crippen LogP contribution in [0.25, 0.3) is 11.3 Å². The van der Waals surface area contributed by atoms with Gasteiger partial charge in [0, 0.05) is 16.8 Å². The fourth-order valence-corrected chi connectivity index (χ4v) is 2.09. The van der Waals surface area contributed by atoms with Crippen LogP contribution in [0.1, 0.15) is 23.0 Å². The second-order valence-corrected chi connectivity index (χ2v) is 4.46. The molecule has 104 valence electrons. The Bertz CT molecular complexity index is 650. The molecule has 0 bridgehead atoms. The summed E-state index contributed by atoms with van der Waals surface area (Å²) < 4.78 is 10.5. The van der Waals surface area contributed by atoms with E-state index in [-0.39, 0.29) is 5.78 Å². The van der Waals surface area contributed by atoms with Gasteiger partial charge in [0.05, 0.1) is 19.9 Å². The smallest absolute Gasteiger partial charge is 0.161 e. The van der Waals surface area contributed by atoms with Gasteiger partial charge >= 0.3 is 0 Å². The molecule has 1 heterocycles. The van der Waals surface area contributed by atoms with Crippen molar-refractivity contribution in [2.24, 2.45) is 0 Å². The van der Waals surface area contributed by atoms with E-state index in [1.54, 1.807) is 27.2 Å². The summed E-state index contributed by atoms with van der Waals surface area (Å²) in [6.45, 7) is 3.38. The van der Waals surface area contributed by atoms with Gasteiger partial charge in [-0.1, -0.05) is 0 Å². The van der Waals surface area contributed by atoms with Gasteiger partial charge in [0.15, 0.2) is 17.3 Å². The van der Waals surface area contributed by atoms with Gasteiger partial charge in [0.1, 0.15) is 0 Å². The first-order chi connectivity index (χ1) is 9.56. The van der Waals surface area contributed by atoms with Gasteiger partial charge in [-0.15, -0.1) is 0 Å². The molecular formula is C16H17NO3. The van der Waals surface area contributed by atoms with Gasteiger partial charge in [-0.25, -0.2) is 0 Å². The molecule has 0 aliphatic rings. The minimum absolute atomic E-state index is 0.0221. The molecule has 0 saturated carbocycles. The molecule has 20 heavy (non-hydrogen) atoms. The minimum atomic E-state index is 0.0221. The number of hydrogen-bond donors (Lipinski definition) is 0. The number of hydrogen-bond acceptors (Lipinski definition) is 4. The quantitative estimate of drug-likeness (QED) is 0.801. The number of pyridine rings is 1. The fourth-order valence-electron chi connectivity index (χ4n) is 2.09. The van der Waals surface area contributed by atoms with E-state index in [1.807, 2.05) is 31.2 Å². The molecule has 4 heteroatoms. The van der Waals surface area contributed by atoms with Crippen molar-refractivity contribution in [1.29, 1.82) is 0 Å². The summed E-state index contributed by atoms with van der Waals surface area (Å²) in [6.07, 6.45) is 0. The SMILES string of the molecule is COc1ccc(-c2ccc(C(C)=O)c(C)n2)cc1OC. The van der Waals surface area contributed by atoms with E-state index in [4.69, 9.17) is 9.47 Å². The normalized spacial score (nSPS) is 10.2. The first-order valence-electron chi connectivity index (χ1n) is 6.27. The topological polar surface area (TPSA) is 48.4 Å². The van der Waals surface area contributed by atoms with E-state index in [0.717, 1.165) is 17.0 Å². The molecule has 0 atom stereocenters. The van der Waals surface area contributed by atoms with Crippen LogP contribution in [0.5, 0.6) is 11.5 Å². The number of carbonyl (C=O) groups excluding carboxylic acids is 1. The standard InChI is InChI=1S/C16H17NO3/c1-10-13(11(2)18)6-7-14(17-10)12-5-8-15(19-3)16(9-12)20-4/h5-9H,1-4H3. The maximum atomic E-state index is 11.4. The van der Waals surface area contributed by atoms with Gasteiger partial charge in [-0.3, -0.25) is 9.78 Å². The molecule has 1 aromatic carbocycles.